The van der Waals surface area contributed by atoms with E-state index >= 15 is 0 Å². The first-order valence-electron chi connectivity index (χ1n) is 25.3. The van der Waals surface area contributed by atoms with Gasteiger partial charge in [0.1, 0.15) is 0 Å². The molecule has 1 amide bonds. The van der Waals surface area contributed by atoms with E-state index in [1.165, 1.54) is 231 Å². The van der Waals surface area contributed by atoms with E-state index in [1.807, 2.05) is 0 Å². The Balaban J connectivity index is 3.52. The van der Waals surface area contributed by atoms with Crippen LogP contribution in [0.1, 0.15) is 290 Å². The first-order valence-corrected chi connectivity index (χ1v) is 25.3. The highest BCUT2D eigenvalue weighted by Crippen LogP contribution is 2.18. The molecule has 0 aliphatic rings. The van der Waals surface area contributed by atoms with Gasteiger partial charge < -0.3 is 20.6 Å². The van der Waals surface area contributed by atoms with Crippen molar-refractivity contribution in [1.29, 1.82) is 0 Å². The molecule has 0 radical (unpaired) electrons. The molecular weight excluding hydrogens is 679 g/mol. The zero-order valence-electron chi connectivity index (χ0n) is 37.6. The van der Waals surface area contributed by atoms with E-state index in [4.69, 9.17) is 0 Å². The lowest BCUT2D eigenvalue weighted by molar-refractivity contribution is -0.125. The molecule has 0 saturated heterocycles. The van der Waals surface area contributed by atoms with Crippen molar-refractivity contribution in [2.24, 2.45) is 0 Å². The van der Waals surface area contributed by atoms with Crippen molar-refractivity contribution < 1.29 is 20.1 Å². The second-order valence-electron chi connectivity index (χ2n) is 17.8. The number of carbonyl (C=O) groups excluding carboxylic acids is 1. The highest BCUT2D eigenvalue weighted by molar-refractivity contribution is 5.76. The molecule has 0 aromatic heterocycles. The van der Waals surface area contributed by atoms with Gasteiger partial charge in [0.25, 0.3) is 0 Å². The van der Waals surface area contributed by atoms with Gasteiger partial charge >= 0.3 is 0 Å². The van der Waals surface area contributed by atoms with Gasteiger partial charge in [-0.25, -0.2) is 0 Å². The van der Waals surface area contributed by atoms with E-state index in [2.05, 4.69) is 19.2 Å². The van der Waals surface area contributed by atoms with E-state index < -0.39 is 18.2 Å². The van der Waals surface area contributed by atoms with Crippen molar-refractivity contribution in [3.8, 4) is 0 Å². The van der Waals surface area contributed by atoms with Crippen molar-refractivity contribution in [2.75, 3.05) is 6.61 Å². The summed E-state index contributed by atoms with van der Waals surface area (Å²) in [6.45, 7) is 4.30. The van der Waals surface area contributed by atoms with Gasteiger partial charge in [0.05, 0.1) is 31.3 Å². The van der Waals surface area contributed by atoms with Gasteiger partial charge in [0.15, 0.2) is 0 Å². The second-order valence-corrected chi connectivity index (χ2v) is 17.8. The quantitative estimate of drug-likeness (QED) is 0.0463. The standard InChI is InChI=1S/C50H101NO4/c1-3-5-7-9-11-13-15-17-19-21-22-23-24-25-26-28-29-31-33-35-37-39-41-43-47(53)45-50(55)51-48(46-52)49(54)44-42-40-38-36-34-32-30-27-20-18-16-14-12-10-8-6-4-2/h47-49,52-54H,3-46H2,1-2H3,(H,51,55). The normalized spacial score (nSPS) is 13.3. The first-order chi connectivity index (χ1) is 27.0. The predicted molar refractivity (Wildman–Crippen MR) is 241 cm³/mol. The van der Waals surface area contributed by atoms with Gasteiger partial charge in [-0.3, -0.25) is 4.79 Å². The summed E-state index contributed by atoms with van der Waals surface area (Å²) in [5.74, 6) is -0.276. The topological polar surface area (TPSA) is 89.8 Å². The molecule has 5 nitrogen and oxygen atoms in total. The van der Waals surface area contributed by atoms with Gasteiger partial charge in [-0.15, -0.1) is 0 Å². The average Bonchev–Trinajstić information content (AvgIpc) is 3.18. The van der Waals surface area contributed by atoms with Gasteiger partial charge in [-0.2, -0.15) is 0 Å². The molecule has 0 aromatic rings. The Morgan fingerprint density at radius 2 is 0.618 bits per heavy atom. The monoisotopic (exact) mass is 780 g/mol. The Morgan fingerprint density at radius 3 is 0.873 bits per heavy atom. The summed E-state index contributed by atoms with van der Waals surface area (Å²) in [6, 6.07) is -0.653. The summed E-state index contributed by atoms with van der Waals surface area (Å²) in [5.41, 5.74) is 0. The number of nitrogens with one attached hydrogen (secondary N) is 1. The van der Waals surface area contributed by atoms with Crippen LogP contribution in [0.4, 0.5) is 0 Å². The summed E-state index contributed by atoms with van der Waals surface area (Å²) in [5, 5.41) is 33.5. The molecule has 0 heterocycles. The number of carbonyl (C=O) groups is 1. The highest BCUT2D eigenvalue weighted by Gasteiger charge is 2.21. The van der Waals surface area contributed by atoms with E-state index in [1.54, 1.807) is 0 Å². The molecule has 0 rings (SSSR count). The molecule has 5 heteroatoms. The summed E-state index contributed by atoms with van der Waals surface area (Å²) >= 11 is 0. The van der Waals surface area contributed by atoms with Crippen molar-refractivity contribution in [3.63, 3.8) is 0 Å². The number of rotatable bonds is 47. The number of unbranched alkanes of at least 4 members (excludes halogenated alkanes) is 38. The molecule has 0 saturated carbocycles. The Bertz CT molecular complexity index is 733. The summed E-state index contributed by atoms with van der Waals surface area (Å²) < 4.78 is 0. The van der Waals surface area contributed by atoms with Crippen molar-refractivity contribution in [1.82, 2.24) is 5.32 Å². The Labute approximate surface area is 345 Å². The van der Waals surface area contributed by atoms with Crippen LogP contribution in [0.2, 0.25) is 0 Å². The van der Waals surface area contributed by atoms with E-state index in [0.29, 0.717) is 12.8 Å². The smallest absolute Gasteiger partial charge is 0.222 e. The zero-order valence-corrected chi connectivity index (χ0v) is 37.6. The van der Waals surface area contributed by atoms with E-state index in [9.17, 15) is 20.1 Å². The van der Waals surface area contributed by atoms with Crippen LogP contribution in [0, 0.1) is 0 Å². The lowest BCUT2D eigenvalue weighted by Gasteiger charge is -2.23. The fourth-order valence-corrected chi connectivity index (χ4v) is 8.29. The Hall–Kier alpha value is -0.650. The SMILES string of the molecule is CCCCCCCCCCCCCCCCCCCCCCCCCC(O)CC(=O)NC(CO)C(O)CCCCCCCCCCCCCCCCCCC. The average molecular weight is 780 g/mol. The third-order valence-electron chi connectivity index (χ3n) is 12.2. The lowest BCUT2D eigenvalue weighted by atomic mass is 10.0. The first kappa shape index (κ1) is 54.3. The molecule has 3 unspecified atom stereocenters. The van der Waals surface area contributed by atoms with Crippen LogP contribution in [-0.4, -0.2) is 46.1 Å². The minimum Gasteiger partial charge on any atom is -0.394 e. The number of aliphatic hydroxyl groups is 3. The number of hydrogen-bond acceptors (Lipinski definition) is 4. The molecule has 0 spiro atoms. The van der Waals surface area contributed by atoms with Crippen LogP contribution in [0.15, 0.2) is 0 Å². The number of aliphatic hydroxyl groups excluding tert-OH is 3. The van der Waals surface area contributed by atoms with Crippen LogP contribution in [0.3, 0.4) is 0 Å². The largest absolute Gasteiger partial charge is 0.394 e. The minimum absolute atomic E-state index is 0.0433. The van der Waals surface area contributed by atoms with Crippen molar-refractivity contribution in [2.45, 2.75) is 308 Å². The van der Waals surface area contributed by atoms with Crippen LogP contribution in [0.25, 0.3) is 0 Å². The molecule has 0 aliphatic carbocycles. The molecule has 0 bridgehead atoms. The van der Waals surface area contributed by atoms with E-state index in [0.717, 1.165) is 25.7 Å². The van der Waals surface area contributed by atoms with Gasteiger partial charge in [-0.1, -0.05) is 271 Å². The number of hydrogen-bond donors (Lipinski definition) is 4. The van der Waals surface area contributed by atoms with Crippen LogP contribution in [0.5, 0.6) is 0 Å². The van der Waals surface area contributed by atoms with Crippen molar-refractivity contribution in [3.05, 3.63) is 0 Å². The fourth-order valence-electron chi connectivity index (χ4n) is 8.29. The second kappa shape index (κ2) is 46.0. The highest BCUT2D eigenvalue weighted by atomic mass is 16.3. The maximum absolute atomic E-state index is 12.5. The van der Waals surface area contributed by atoms with Gasteiger partial charge in [0, 0.05) is 0 Å². The van der Waals surface area contributed by atoms with Gasteiger partial charge in [0.2, 0.25) is 5.91 Å². The van der Waals surface area contributed by atoms with Crippen molar-refractivity contribution >= 4 is 5.91 Å². The molecule has 0 fully saturated rings. The molecule has 55 heavy (non-hydrogen) atoms. The molecular formula is C50H101NO4. The third-order valence-corrected chi connectivity index (χ3v) is 12.2. The molecule has 3 atom stereocenters. The summed E-state index contributed by atoms with van der Waals surface area (Å²) in [6.07, 6.45) is 53.8. The lowest BCUT2D eigenvalue weighted by Crippen LogP contribution is -2.46. The number of amides is 1. The third kappa shape index (κ3) is 42.8. The van der Waals surface area contributed by atoms with Crippen LogP contribution < -0.4 is 5.32 Å². The minimum atomic E-state index is -0.744. The van der Waals surface area contributed by atoms with Gasteiger partial charge in [-0.05, 0) is 12.8 Å². The molecule has 4 N–H and O–H groups in total. The van der Waals surface area contributed by atoms with E-state index in [-0.39, 0.29) is 18.9 Å². The Kier molecular flexibility index (Phi) is 45.5. The molecule has 330 valence electrons. The fraction of sp³-hybridized carbons (Fsp3) is 0.980. The summed E-state index contributed by atoms with van der Waals surface area (Å²) in [4.78, 5) is 12.5. The summed E-state index contributed by atoms with van der Waals surface area (Å²) in [7, 11) is 0. The molecule has 0 aliphatic heterocycles. The maximum Gasteiger partial charge on any atom is 0.222 e. The molecule has 0 aromatic carbocycles. The maximum atomic E-state index is 12.5. The zero-order chi connectivity index (χ0) is 40.1. The van der Waals surface area contributed by atoms with Crippen LogP contribution >= 0.6 is 0 Å². The van der Waals surface area contributed by atoms with Crippen LogP contribution in [-0.2, 0) is 4.79 Å². The Morgan fingerprint density at radius 1 is 0.382 bits per heavy atom. The predicted octanol–water partition coefficient (Wildman–Crippen LogP) is 15.0.